The Labute approximate surface area is 174 Å². The van der Waals surface area contributed by atoms with E-state index < -0.39 is 0 Å². The first-order valence-corrected chi connectivity index (χ1v) is 10.5. The van der Waals surface area contributed by atoms with Gasteiger partial charge in [-0.25, -0.2) is 0 Å². The molecule has 7 aromatic rings. The summed E-state index contributed by atoms with van der Waals surface area (Å²) in [6.07, 6.45) is 0. The molecule has 0 amide bonds. The Morgan fingerprint density at radius 1 is 0.233 bits per heavy atom. The Morgan fingerprint density at radius 2 is 0.633 bits per heavy atom. The Bertz CT molecular complexity index is 1790. The predicted molar refractivity (Wildman–Crippen MR) is 131 cm³/mol. The monoisotopic (exact) mass is 378 g/mol. The van der Waals surface area contributed by atoms with Crippen LogP contribution < -0.4 is 0 Å². The van der Waals surface area contributed by atoms with Crippen LogP contribution in [0.5, 0.6) is 0 Å². The van der Waals surface area contributed by atoms with E-state index in [0.29, 0.717) is 0 Å². The highest BCUT2D eigenvalue weighted by molar-refractivity contribution is 6.28. The molecular formula is C30H18. The van der Waals surface area contributed by atoms with E-state index >= 15 is 0 Å². The molecule has 0 aliphatic heterocycles. The summed E-state index contributed by atoms with van der Waals surface area (Å²) < 4.78 is 0. The van der Waals surface area contributed by atoms with Gasteiger partial charge in [-0.1, -0.05) is 109 Å². The van der Waals surface area contributed by atoms with Gasteiger partial charge in [-0.05, 0) is 64.6 Å². The zero-order valence-corrected chi connectivity index (χ0v) is 16.4. The van der Waals surface area contributed by atoms with Gasteiger partial charge in [0.1, 0.15) is 0 Å². The summed E-state index contributed by atoms with van der Waals surface area (Å²) in [7, 11) is 0. The highest BCUT2D eigenvalue weighted by atomic mass is 14.1. The zero-order valence-electron chi connectivity index (χ0n) is 16.4. The number of fused-ring (bicyclic) bond motifs is 11. The second-order valence-electron chi connectivity index (χ2n) is 8.15. The van der Waals surface area contributed by atoms with Gasteiger partial charge in [0.2, 0.25) is 0 Å². The lowest BCUT2D eigenvalue weighted by molar-refractivity contribution is 1.78. The van der Waals surface area contributed by atoms with E-state index in [0.717, 1.165) is 0 Å². The first kappa shape index (κ1) is 16.0. The van der Waals surface area contributed by atoms with Crippen molar-refractivity contribution in [1.29, 1.82) is 0 Å². The van der Waals surface area contributed by atoms with Gasteiger partial charge in [-0.3, -0.25) is 0 Å². The van der Waals surface area contributed by atoms with Crippen LogP contribution in [0.2, 0.25) is 0 Å². The van der Waals surface area contributed by atoms with E-state index in [1.165, 1.54) is 64.6 Å². The standard InChI is InChI=1S/C30H18/c1-3-7-22-19(5-1)11-13-25-24(22)15-16-27-26(25)17-18-29-28(27)14-12-21-10-9-20-6-2-4-8-23(20)30(21)29/h1-18H. The third kappa shape index (κ3) is 2.06. The van der Waals surface area contributed by atoms with E-state index in [2.05, 4.69) is 109 Å². The maximum atomic E-state index is 2.32. The second kappa shape index (κ2) is 5.81. The van der Waals surface area contributed by atoms with Gasteiger partial charge in [0.15, 0.2) is 0 Å². The summed E-state index contributed by atoms with van der Waals surface area (Å²) in [5, 5.41) is 15.8. The molecule has 0 aromatic heterocycles. The van der Waals surface area contributed by atoms with E-state index in [1.54, 1.807) is 0 Å². The highest BCUT2D eigenvalue weighted by Gasteiger charge is 2.10. The summed E-state index contributed by atoms with van der Waals surface area (Å²) in [6.45, 7) is 0. The van der Waals surface area contributed by atoms with Crippen molar-refractivity contribution in [3.63, 3.8) is 0 Å². The maximum Gasteiger partial charge on any atom is -0.00266 e. The second-order valence-corrected chi connectivity index (χ2v) is 8.15. The van der Waals surface area contributed by atoms with Crippen LogP contribution in [-0.4, -0.2) is 0 Å². The number of hydrogen-bond acceptors (Lipinski definition) is 0. The molecule has 0 heteroatoms. The van der Waals surface area contributed by atoms with E-state index in [9.17, 15) is 0 Å². The molecule has 0 saturated heterocycles. The molecule has 0 N–H and O–H groups in total. The van der Waals surface area contributed by atoms with Crippen LogP contribution in [0, 0.1) is 0 Å². The van der Waals surface area contributed by atoms with Crippen molar-refractivity contribution >= 4 is 64.6 Å². The summed E-state index contributed by atoms with van der Waals surface area (Å²) in [5.41, 5.74) is 0. The van der Waals surface area contributed by atoms with Crippen LogP contribution >= 0.6 is 0 Å². The lowest BCUT2D eigenvalue weighted by atomic mass is 9.91. The third-order valence-corrected chi connectivity index (χ3v) is 6.62. The minimum Gasteiger partial charge on any atom is -0.0616 e. The Morgan fingerprint density at radius 3 is 1.37 bits per heavy atom. The number of hydrogen-bond donors (Lipinski definition) is 0. The van der Waals surface area contributed by atoms with Gasteiger partial charge in [0, 0.05) is 0 Å². The Balaban J connectivity index is 1.68. The predicted octanol–water partition coefficient (Wildman–Crippen LogP) is 8.61. The molecule has 0 nitrogen and oxygen atoms in total. The first-order chi connectivity index (χ1) is 14.9. The zero-order chi connectivity index (χ0) is 19.7. The summed E-state index contributed by atoms with van der Waals surface area (Å²) >= 11 is 0. The number of benzene rings is 7. The molecule has 0 heterocycles. The highest BCUT2D eigenvalue weighted by Crippen LogP contribution is 2.38. The normalized spacial score (nSPS) is 12.0. The molecule has 0 spiro atoms. The average molecular weight is 378 g/mol. The van der Waals surface area contributed by atoms with Gasteiger partial charge >= 0.3 is 0 Å². The minimum absolute atomic E-state index is 1.29. The lowest BCUT2D eigenvalue weighted by Gasteiger charge is -2.12. The van der Waals surface area contributed by atoms with Crippen LogP contribution in [-0.2, 0) is 0 Å². The molecule has 0 bridgehead atoms. The molecule has 0 unspecified atom stereocenters. The fourth-order valence-electron chi connectivity index (χ4n) is 5.23. The van der Waals surface area contributed by atoms with E-state index in [1.807, 2.05) is 0 Å². The van der Waals surface area contributed by atoms with Crippen molar-refractivity contribution in [2.75, 3.05) is 0 Å². The van der Waals surface area contributed by atoms with Gasteiger partial charge in [-0.2, -0.15) is 0 Å². The van der Waals surface area contributed by atoms with Crippen molar-refractivity contribution in [2.45, 2.75) is 0 Å². The smallest absolute Gasteiger partial charge is 0.00266 e. The summed E-state index contributed by atoms with van der Waals surface area (Å²) in [5.74, 6) is 0. The SMILES string of the molecule is c1ccc2c(c1)ccc1c2ccc2c1ccc1c2ccc2ccc3ccccc3c21. The van der Waals surface area contributed by atoms with Crippen LogP contribution in [0.1, 0.15) is 0 Å². The fourth-order valence-corrected chi connectivity index (χ4v) is 5.23. The van der Waals surface area contributed by atoms with Gasteiger partial charge < -0.3 is 0 Å². The molecular weight excluding hydrogens is 360 g/mol. The van der Waals surface area contributed by atoms with Crippen LogP contribution in [0.15, 0.2) is 109 Å². The molecule has 0 saturated carbocycles. The van der Waals surface area contributed by atoms with Crippen molar-refractivity contribution < 1.29 is 0 Å². The molecule has 0 aliphatic carbocycles. The third-order valence-electron chi connectivity index (χ3n) is 6.62. The van der Waals surface area contributed by atoms with E-state index in [-0.39, 0.29) is 0 Å². The molecule has 138 valence electrons. The minimum atomic E-state index is 1.29. The molecule has 7 rings (SSSR count). The Hall–Kier alpha value is -3.90. The van der Waals surface area contributed by atoms with Crippen molar-refractivity contribution in [3.8, 4) is 0 Å². The van der Waals surface area contributed by atoms with Gasteiger partial charge in [0.05, 0.1) is 0 Å². The van der Waals surface area contributed by atoms with Crippen LogP contribution in [0.4, 0.5) is 0 Å². The quantitative estimate of drug-likeness (QED) is 0.232. The Kier molecular flexibility index (Phi) is 3.09. The molecule has 30 heavy (non-hydrogen) atoms. The van der Waals surface area contributed by atoms with Gasteiger partial charge in [0.25, 0.3) is 0 Å². The maximum absolute atomic E-state index is 2.32. The number of rotatable bonds is 0. The molecule has 0 fully saturated rings. The molecule has 0 aliphatic rings. The molecule has 0 atom stereocenters. The molecule has 0 radical (unpaired) electrons. The van der Waals surface area contributed by atoms with E-state index in [4.69, 9.17) is 0 Å². The van der Waals surface area contributed by atoms with Crippen molar-refractivity contribution in [3.05, 3.63) is 109 Å². The van der Waals surface area contributed by atoms with Crippen LogP contribution in [0.3, 0.4) is 0 Å². The van der Waals surface area contributed by atoms with Crippen molar-refractivity contribution in [1.82, 2.24) is 0 Å². The molecule has 7 aromatic carbocycles. The first-order valence-electron chi connectivity index (χ1n) is 10.5. The van der Waals surface area contributed by atoms with Crippen molar-refractivity contribution in [2.24, 2.45) is 0 Å². The lowest BCUT2D eigenvalue weighted by Crippen LogP contribution is -1.85. The van der Waals surface area contributed by atoms with Gasteiger partial charge in [-0.15, -0.1) is 0 Å². The van der Waals surface area contributed by atoms with Crippen LogP contribution in [0.25, 0.3) is 64.6 Å². The largest absolute Gasteiger partial charge is 0.0616 e. The average Bonchev–Trinajstić information content (AvgIpc) is 2.82. The topological polar surface area (TPSA) is 0 Å². The summed E-state index contributed by atoms with van der Waals surface area (Å²) in [6, 6.07) is 40.2. The summed E-state index contributed by atoms with van der Waals surface area (Å²) in [4.78, 5) is 0. The fraction of sp³-hybridized carbons (Fsp3) is 0.